The topological polar surface area (TPSA) is 82.9 Å². The molecule has 0 amide bonds. The zero-order valence-corrected chi connectivity index (χ0v) is 65.6. The molecule has 7 nitrogen and oxygen atoms in total. The van der Waals surface area contributed by atoms with Crippen LogP contribution >= 0.6 is 0 Å². The fraction of sp³-hybridized carbons (Fsp3) is 0.0721. The van der Waals surface area contributed by atoms with E-state index in [1.54, 1.807) is 0 Å². The van der Waals surface area contributed by atoms with Gasteiger partial charge in [0.05, 0.1) is 39.3 Å². The molecule has 7 heteroatoms. The molecule has 0 fully saturated rings. The number of hydrogen-bond donors (Lipinski definition) is 0. The van der Waals surface area contributed by atoms with Crippen molar-refractivity contribution in [2.75, 3.05) is 0 Å². The van der Waals surface area contributed by atoms with Gasteiger partial charge in [0.25, 0.3) is 0 Å². The summed E-state index contributed by atoms with van der Waals surface area (Å²) in [4.78, 5) is 26.8. The van der Waals surface area contributed by atoms with E-state index in [-0.39, 0.29) is 5.41 Å². The first-order valence-electron chi connectivity index (χ1n) is 40.6. The smallest absolute Gasteiger partial charge is 0.160 e. The summed E-state index contributed by atoms with van der Waals surface area (Å²) < 4.78 is 13.8. The van der Waals surface area contributed by atoms with Gasteiger partial charge in [0, 0.05) is 78.2 Å². The number of fused-ring (bicyclic) bond motifs is 16. The monoisotopic (exact) mass is 1510 g/mol. The molecule has 5 heterocycles. The van der Waals surface area contributed by atoms with Crippen LogP contribution in [-0.2, 0) is 21.7 Å². The SMILES string of the molecule is CC1(C)c2ccccc2C2(c3ccccc3Oc3ccccc32)c2ccc(-c3ccc(-c4nc(-c5ccccc5)cc(-c5cc(-c6ccc7c(c6)C(C)(C)c6c(-c8ccccc8-c8cc(-c9cccc(-c%10ccccn%10)c9)nc(-c9ccccc9)n8)cccc6C76c7ccccc7Oc7ccccc76)ccc5-c5ccccc5)n4)cc3)cc21. The molecule has 0 unspecified atom stereocenters. The van der Waals surface area contributed by atoms with Crippen molar-refractivity contribution in [2.24, 2.45) is 0 Å². The Labute approximate surface area is 687 Å². The molecule has 0 atom stereocenters. The lowest BCUT2D eigenvalue weighted by molar-refractivity contribution is 0.425. The molecule has 15 aromatic carbocycles. The average Bonchev–Trinajstić information content (AvgIpc) is 0.671. The molecule has 4 aliphatic rings. The fourth-order valence-electron chi connectivity index (χ4n) is 19.8. The van der Waals surface area contributed by atoms with E-state index in [9.17, 15) is 0 Å². The number of aromatic nitrogens is 5. The van der Waals surface area contributed by atoms with Gasteiger partial charge in [-0.25, -0.2) is 19.9 Å². The van der Waals surface area contributed by atoms with Crippen LogP contribution in [0.3, 0.4) is 0 Å². The maximum atomic E-state index is 7.03. The lowest BCUT2D eigenvalue weighted by Gasteiger charge is -2.50. The van der Waals surface area contributed by atoms with Crippen molar-refractivity contribution < 1.29 is 9.47 Å². The number of ether oxygens (including phenoxy) is 2. The Morgan fingerprint density at radius 2 is 0.576 bits per heavy atom. The Kier molecular flexibility index (Phi) is 16.3. The largest absolute Gasteiger partial charge is 0.457 e. The van der Waals surface area contributed by atoms with E-state index in [0.717, 1.165) is 157 Å². The molecule has 2 aliphatic carbocycles. The molecule has 2 aliphatic heterocycles. The summed E-state index contributed by atoms with van der Waals surface area (Å²) >= 11 is 0. The van der Waals surface area contributed by atoms with Crippen LogP contribution in [0, 0.1) is 0 Å². The summed E-state index contributed by atoms with van der Waals surface area (Å²) in [5.74, 6) is 4.68. The Balaban J connectivity index is 0.694. The highest BCUT2D eigenvalue weighted by molar-refractivity contribution is 5.93. The Bertz CT molecular complexity index is 6960. The van der Waals surface area contributed by atoms with Crippen LogP contribution in [0.2, 0.25) is 0 Å². The summed E-state index contributed by atoms with van der Waals surface area (Å²) in [6.07, 6.45) is 1.84. The van der Waals surface area contributed by atoms with Gasteiger partial charge < -0.3 is 9.47 Å². The van der Waals surface area contributed by atoms with E-state index in [1.165, 1.54) is 44.5 Å². The van der Waals surface area contributed by atoms with Crippen LogP contribution in [0.4, 0.5) is 0 Å². The van der Waals surface area contributed by atoms with Crippen LogP contribution in [0.5, 0.6) is 23.0 Å². The first-order chi connectivity index (χ1) is 58.0. The molecule has 22 rings (SSSR count). The van der Waals surface area contributed by atoms with Gasteiger partial charge in [-0.05, 0) is 162 Å². The first kappa shape index (κ1) is 69.9. The van der Waals surface area contributed by atoms with Gasteiger partial charge in [-0.3, -0.25) is 4.98 Å². The van der Waals surface area contributed by atoms with Crippen molar-refractivity contribution in [3.05, 3.63) is 461 Å². The minimum Gasteiger partial charge on any atom is -0.457 e. The molecular formula is C111H77N5O2. The summed E-state index contributed by atoms with van der Waals surface area (Å²) in [7, 11) is 0. The molecular weight excluding hydrogens is 1440 g/mol. The van der Waals surface area contributed by atoms with E-state index in [2.05, 4.69) is 392 Å². The molecule has 2 spiro atoms. The minimum absolute atomic E-state index is 0.334. The number of benzene rings is 15. The minimum atomic E-state index is -0.832. The second-order valence-electron chi connectivity index (χ2n) is 32.4. The van der Waals surface area contributed by atoms with Crippen molar-refractivity contribution in [2.45, 2.75) is 49.4 Å². The van der Waals surface area contributed by atoms with Gasteiger partial charge in [-0.15, -0.1) is 0 Å². The van der Waals surface area contributed by atoms with E-state index in [4.69, 9.17) is 34.4 Å². The maximum Gasteiger partial charge on any atom is 0.160 e. The van der Waals surface area contributed by atoms with E-state index in [0.29, 0.717) is 11.6 Å². The summed E-state index contributed by atoms with van der Waals surface area (Å²) in [5, 5.41) is 0. The van der Waals surface area contributed by atoms with Crippen molar-refractivity contribution in [1.82, 2.24) is 24.9 Å². The maximum absolute atomic E-state index is 7.03. The highest BCUT2D eigenvalue weighted by atomic mass is 16.5. The van der Waals surface area contributed by atoms with Crippen LogP contribution in [-0.4, -0.2) is 24.9 Å². The summed E-state index contributed by atoms with van der Waals surface area (Å²) in [5.41, 5.74) is 31.6. The molecule has 0 bridgehead atoms. The zero-order valence-electron chi connectivity index (χ0n) is 65.6. The van der Waals surface area contributed by atoms with Gasteiger partial charge >= 0.3 is 0 Å². The van der Waals surface area contributed by atoms with Crippen LogP contribution in [0.25, 0.3) is 124 Å². The van der Waals surface area contributed by atoms with Gasteiger partial charge in [0.2, 0.25) is 0 Å². The molecule has 0 saturated carbocycles. The standard InChI is InChI=1S/C111H77N5O2/c1-108(2)85-41-16-17-42-86(85)110(89-43-18-22-49-101(89)117-102-50-23-19-44-90(102)110)87-61-58-76(66-94(87)108)70-53-55-74(56-54-70)107-113-97(72-32-10-6-11-33-72)68-100(116-107)84-65-75(57-60-80(84)71-30-8-5-9-31-71)77-59-62-88-95(67-77)109(3,4)105-83(40-29-47-93(105)111(88)91-45-20-24-51-103(91)118-104-52-25-21-46-92(104)111)81-38-14-15-39-82(81)99-69-98(114-106(115-99)73-34-12-7-13-35-73)79-37-28-36-78(64-79)96-48-26-27-63-112-96/h5-69H,1-4H3. The lowest BCUT2D eigenvalue weighted by atomic mass is 9.52. The van der Waals surface area contributed by atoms with Gasteiger partial charge in [-0.2, -0.15) is 0 Å². The number of para-hydroxylation sites is 4. The quantitative estimate of drug-likeness (QED) is 0.128. The fourth-order valence-corrected chi connectivity index (χ4v) is 19.8. The van der Waals surface area contributed by atoms with E-state index < -0.39 is 16.2 Å². The summed E-state index contributed by atoms with van der Waals surface area (Å²) in [6.45, 7) is 9.60. The first-order valence-corrected chi connectivity index (χ1v) is 40.6. The van der Waals surface area contributed by atoms with Gasteiger partial charge in [-0.1, -0.05) is 343 Å². The molecule has 0 N–H and O–H groups in total. The third-order valence-electron chi connectivity index (χ3n) is 25.3. The second-order valence-corrected chi connectivity index (χ2v) is 32.4. The number of pyridine rings is 1. The third-order valence-corrected chi connectivity index (χ3v) is 25.3. The van der Waals surface area contributed by atoms with Crippen molar-refractivity contribution in [3.63, 3.8) is 0 Å². The average molecular weight is 1510 g/mol. The van der Waals surface area contributed by atoms with Crippen LogP contribution in [0.1, 0.15) is 94.5 Å². The number of hydrogen-bond acceptors (Lipinski definition) is 7. The summed E-state index contributed by atoms with van der Waals surface area (Å²) in [6, 6.07) is 140. The van der Waals surface area contributed by atoms with Crippen LogP contribution < -0.4 is 9.47 Å². The number of nitrogens with zero attached hydrogens (tertiary/aromatic N) is 5. The van der Waals surface area contributed by atoms with Crippen molar-refractivity contribution >= 4 is 0 Å². The Morgan fingerprint density at radius 1 is 0.195 bits per heavy atom. The Hall–Kier alpha value is -14.8. The molecule has 0 radical (unpaired) electrons. The third kappa shape index (κ3) is 11.0. The highest BCUT2D eigenvalue weighted by Crippen LogP contribution is 2.65. The predicted octanol–water partition coefficient (Wildman–Crippen LogP) is 27.3. The number of rotatable bonds is 11. The van der Waals surface area contributed by atoms with Crippen molar-refractivity contribution in [3.8, 4) is 147 Å². The van der Waals surface area contributed by atoms with E-state index >= 15 is 0 Å². The van der Waals surface area contributed by atoms with Crippen molar-refractivity contribution in [1.29, 1.82) is 0 Å². The van der Waals surface area contributed by atoms with E-state index in [1.807, 2.05) is 30.5 Å². The molecule has 118 heavy (non-hydrogen) atoms. The molecule has 3 aromatic heterocycles. The molecule has 0 saturated heterocycles. The highest BCUT2D eigenvalue weighted by Gasteiger charge is 2.55. The van der Waals surface area contributed by atoms with Gasteiger partial charge in [0.15, 0.2) is 11.6 Å². The van der Waals surface area contributed by atoms with Gasteiger partial charge in [0.1, 0.15) is 23.0 Å². The molecule has 18 aromatic rings. The van der Waals surface area contributed by atoms with Crippen LogP contribution in [0.15, 0.2) is 394 Å². The normalized spacial score (nSPS) is 14.2. The predicted molar refractivity (Wildman–Crippen MR) is 476 cm³/mol. The second kappa shape index (κ2) is 27.5. The lowest BCUT2D eigenvalue weighted by Crippen LogP contribution is -2.43. The molecule has 558 valence electrons. The zero-order chi connectivity index (χ0) is 78.9. The Morgan fingerprint density at radius 3 is 1.16 bits per heavy atom.